The normalized spacial score (nSPS) is 18.0. The van der Waals surface area contributed by atoms with Crippen LogP contribution in [0.15, 0.2) is 30.3 Å². The topological polar surface area (TPSA) is 55.3 Å². The number of carbonyl (C=O) groups excluding carboxylic acids is 1. The van der Waals surface area contributed by atoms with E-state index in [0.717, 1.165) is 29.2 Å². The van der Waals surface area contributed by atoms with Crippen molar-refractivity contribution >= 4 is 17.6 Å². The van der Waals surface area contributed by atoms with E-state index in [1.165, 1.54) is 11.5 Å². The first kappa shape index (κ1) is 14.0. The number of nitrogens with zero attached hydrogens (tertiary/aromatic N) is 3. The molecular formula is C15H17N3O2S. The van der Waals surface area contributed by atoms with Crippen LogP contribution in [0.4, 0.5) is 4.79 Å². The zero-order chi connectivity index (χ0) is 14.7. The molecule has 1 saturated heterocycles. The molecule has 0 spiro atoms. The maximum atomic E-state index is 12.3. The van der Waals surface area contributed by atoms with Crippen LogP contribution in [0, 0.1) is 6.92 Å². The van der Waals surface area contributed by atoms with Gasteiger partial charge in [0.1, 0.15) is 11.6 Å². The summed E-state index contributed by atoms with van der Waals surface area (Å²) in [6.07, 6.45) is 1.58. The number of rotatable bonds is 3. The molecule has 6 heteroatoms. The van der Waals surface area contributed by atoms with E-state index in [2.05, 4.69) is 9.36 Å². The fourth-order valence-electron chi connectivity index (χ4n) is 2.51. The molecule has 0 aliphatic carbocycles. The Morgan fingerprint density at radius 2 is 2.24 bits per heavy atom. The first-order chi connectivity index (χ1) is 10.2. The predicted molar refractivity (Wildman–Crippen MR) is 80.0 cm³/mol. The number of benzene rings is 1. The van der Waals surface area contributed by atoms with Gasteiger partial charge in [0, 0.05) is 6.54 Å². The molecule has 110 valence electrons. The van der Waals surface area contributed by atoms with Crippen molar-refractivity contribution in [3.63, 3.8) is 0 Å². The van der Waals surface area contributed by atoms with Gasteiger partial charge in [0.25, 0.3) is 0 Å². The van der Waals surface area contributed by atoms with E-state index in [9.17, 15) is 4.79 Å². The number of amides is 1. The van der Waals surface area contributed by atoms with Crippen LogP contribution in [-0.4, -0.2) is 26.9 Å². The minimum atomic E-state index is -0.284. The molecule has 0 N–H and O–H groups in total. The zero-order valence-electron chi connectivity index (χ0n) is 11.9. The van der Waals surface area contributed by atoms with Gasteiger partial charge < -0.3 is 4.74 Å². The first-order valence-electron chi connectivity index (χ1n) is 7.01. The maximum Gasteiger partial charge on any atom is 0.410 e. The molecular weight excluding hydrogens is 286 g/mol. The van der Waals surface area contributed by atoms with E-state index >= 15 is 0 Å². The van der Waals surface area contributed by atoms with Crippen molar-refractivity contribution in [1.82, 2.24) is 14.3 Å². The summed E-state index contributed by atoms with van der Waals surface area (Å²) in [7, 11) is 0. The SMILES string of the molecule is Cc1nc([C@@H]2CCCN2C(=O)OCc2ccccc2)ns1. The van der Waals surface area contributed by atoms with E-state index < -0.39 is 0 Å². The molecule has 1 aliphatic heterocycles. The second-order valence-electron chi connectivity index (χ2n) is 5.06. The van der Waals surface area contributed by atoms with Crippen LogP contribution in [-0.2, 0) is 11.3 Å². The van der Waals surface area contributed by atoms with Crippen molar-refractivity contribution in [2.45, 2.75) is 32.4 Å². The highest BCUT2D eigenvalue weighted by Gasteiger charge is 2.33. The minimum absolute atomic E-state index is 0.0433. The lowest BCUT2D eigenvalue weighted by atomic mass is 10.2. The summed E-state index contributed by atoms with van der Waals surface area (Å²) >= 11 is 1.38. The van der Waals surface area contributed by atoms with Crippen molar-refractivity contribution in [2.75, 3.05) is 6.54 Å². The Bertz CT molecular complexity index is 614. The number of carbonyl (C=O) groups is 1. The highest BCUT2D eigenvalue weighted by Crippen LogP contribution is 2.31. The summed E-state index contributed by atoms with van der Waals surface area (Å²) in [5.41, 5.74) is 0.990. The van der Waals surface area contributed by atoms with Crippen LogP contribution in [0.2, 0.25) is 0 Å². The number of likely N-dealkylation sites (tertiary alicyclic amines) is 1. The zero-order valence-corrected chi connectivity index (χ0v) is 12.7. The maximum absolute atomic E-state index is 12.3. The highest BCUT2D eigenvalue weighted by atomic mass is 32.1. The molecule has 5 nitrogen and oxygen atoms in total. The molecule has 0 radical (unpaired) electrons. The Morgan fingerprint density at radius 1 is 1.43 bits per heavy atom. The Labute approximate surface area is 127 Å². The van der Waals surface area contributed by atoms with Gasteiger partial charge in [0.2, 0.25) is 0 Å². The smallest absolute Gasteiger partial charge is 0.410 e. The second kappa shape index (κ2) is 6.22. The number of aromatic nitrogens is 2. The number of hydrogen-bond acceptors (Lipinski definition) is 5. The lowest BCUT2D eigenvalue weighted by molar-refractivity contribution is 0.0910. The van der Waals surface area contributed by atoms with Crippen LogP contribution in [0.25, 0.3) is 0 Å². The molecule has 1 aromatic carbocycles. The number of aryl methyl sites for hydroxylation is 1. The van der Waals surface area contributed by atoms with Crippen LogP contribution in [0.5, 0.6) is 0 Å². The van der Waals surface area contributed by atoms with E-state index in [-0.39, 0.29) is 12.1 Å². The molecule has 0 bridgehead atoms. The van der Waals surface area contributed by atoms with Crippen molar-refractivity contribution in [2.24, 2.45) is 0 Å². The molecule has 0 saturated carbocycles. The van der Waals surface area contributed by atoms with Crippen molar-refractivity contribution in [1.29, 1.82) is 0 Å². The lowest BCUT2D eigenvalue weighted by Gasteiger charge is -2.21. The van der Waals surface area contributed by atoms with Gasteiger partial charge in [-0.15, -0.1) is 0 Å². The van der Waals surface area contributed by atoms with Gasteiger partial charge in [-0.1, -0.05) is 30.3 Å². The molecule has 1 amide bonds. The standard InChI is InChI=1S/C15H17N3O2S/c1-11-16-14(17-21-11)13-8-5-9-18(13)15(19)20-10-12-6-3-2-4-7-12/h2-4,6-7,13H,5,8-10H2,1H3/t13-/m0/s1. The summed E-state index contributed by atoms with van der Waals surface area (Å²) in [5, 5.41) is 0.925. The Morgan fingerprint density at radius 3 is 2.95 bits per heavy atom. The van der Waals surface area contributed by atoms with Gasteiger partial charge >= 0.3 is 6.09 Å². The lowest BCUT2D eigenvalue weighted by Crippen LogP contribution is -2.31. The van der Waals surface area contributed by atoms with Crippen LogP contribution >= 0.6 is 11.5 Å². The quantitative estimate of drug-likeness (QED) is 0.873. The summed E-state index contributed by atoms with van der Waals surface area (Å²) in [4.78, 5) is 18.4. The molecule has 1 aromatic heterocycles. The predicted octanol–water partition coefficient (Wildman–Crippen LogP) is 3.32. The van der Waals surface area contributed by atoms with Gasteiger partial charge in [-0.2, -0.15) is 4.37 Å². The summed E-state index contributed by atoms with van der Waals surface area (Å²) < 4.78 is 9.74. The molecule has 2 aromatic rings. The largest absolute Gasteiger partial charge is 0.445 e. The molecule has 1 atom stereocenters. The van der Waals surface area contributed by atoms with E-state index in [1.54, 1.807) is 4.90 Å². The van der Waals surface area contributed by atoms with Gasteiger partial charge in [-0.25, -0.2) is 9.78 Å². The van der Waals surface area contributed by atoms with Crippen molar-refractivity contribution in [3.05, 3.63) is 46.7 Å². The third-order valence-electron chi connectivity index (χ3n) is 3.53. The minimum Gasteiger partial charge on any atom is -0.445 e. The van der Waals surface area contributed by atoms with Crippen LogP contribution in [0.3, 0.4) is 0 Å². The first-order valence-corrected chi connectivity index (χ1v) is 7.79. The van der Waals surface area contributed by atoms with Crippen molar-refractivity contribution < 1.29 is 9.53 Å². The second-order valence-corrected chi connectivity index (χ2v) is 6.02. The number of hydrogen-bond donors (Lipinski definition) is 0. The Kier molecular flexibility index (Phi) is 4.15. The molecule has 21 heavy (non-hydrogen) atoms. The average molecular weight is 303 g/mol. The summed E-state index contributed by atoms with van der Waals surface area (Å²) in [5.74, 6) is 0.742. The third-order valence-corrected chi connectivity index (χ3v) is 4.17. The van der Waals surface area contributed by atoms with Crippen LogP contribution in [0.1, 0.15) is 35.3 Å². The molecule has 2 heterocycles. The van der Waals surface area contributed by atoms with Gasteiger partial charge in [0.05, 0.1) is 6.04 Å². The Balaban J connectivity index is 1.63. The fraction of sp³-hybridized carbons (Fsp3) is 0.400. The molecule has 1 fully saturated rings. The van der Waals surface area contributed by atoms with Crippen LogP contribution < -0.4 is 0 Å². The monoisotopic (exact) mass is 303 g/mol. The van der Waals surface area contributed by atoms with E-state index in [4.69, 9.17) is 4.74 Å². The molecule has 1 aliphatic rings. The highest BCUT2D eigenvalue weighted by molar-refractivity contribution is 7.05. The molecule has 0 unspecified atom stereocenters. The fourth-order valence-corrected chi connectivity index (χ4v) is 3.03. The van der Waals surface area contributed by atoms with E-state index in [1.807, 2.05) is 37.3 Å². The van der Waals surface area contributed by atoms with E-state index in [0.29, 0.717) is 13.2 Å². The number of ether oxygens (including phenoxy) is 1. The van der Waals surface area contributed by atoms with Gasteiger partial charge in [-0.05, 0) is 36.9 Å². The average Bonchev–Trinajstić information content (AvgIpc) is 3.14. The van der Waals surface area contributed by atoms with Crippen molar-refractivity contribution in [3.8, 4) is 0 Å². The van der Waals surface area contributed by atoms with Gasteiger partial charge in [-0.3, -0.25) is 4.90 Å². The van der Waals surface area contributed by atoms with Gasteiger partial charge in [0.15, 0.2) is 5.82 Å². The molecule has 3 rings (SSSR count). The third kappa shape index (κ3) is 3.21. The summed E-state index contributed by atoms with van der Waals surface area (Å²) in [6.45, 7) is 2.93. The summed E-state index contributed by atoms with van der Waals surface area (Å²) in [6, 6.07) is 9.66. The Hall–Kier alpha value is -1.95.